The maximum Gasteiger partial charge on any atom is 0.508 e. The van der Waals surface area contributed by atoms with Crippen LogP contribution in [0, 0.1) is 0 Å². The maximum atomic E-state index is 11.8. The average molecular weight is 378 g/mol. The number of fused-ring (bicyclic) bond motifs is 1. The molecule has 0 unspecified atom stereocenters. The van der Waals surface area contributed by atoms with Gasteiger partial charge in [-0.05, 0) is 38.3 Å². The fourth-order valence-electron chi connectivity index (χ4n) is 3.36. The maximum absolute atomic E-state index is 11.8. The number of nitrogen functional groups attached to an aromatic ring is 1. The Morgan fingerprint density at radius 2 is 2.22 bits per heavy atom. The Bertz CT molecular complexity index is 853. The molecule has 4 atom stereocenters. The van der Waals surface area contributed by atoms with E-state index in [0.717, 1.165) is 19.3 Å². The van der Waals surface area contributed by atoms with Crippen LogP contribution in [0.1, 0.15) is 38.0 Å². The third-order valence-corrected chi connectivity index (χ3v) is 5.25. The van der Waals surface area contributed by atoms with Gasteiger partial charge in [0.05, 0.1) is 5.69 Å². The van der Waals surface area contributed by atoms with Crippen molar-refractivity contribution in [1.29, 1.82) is 0 Å². The van der Waals surface area contributed by atoms with Crippen LogP contribution in [0.2, 0.25) is 0 Å². The highest BCUT2D eigenvalue weighted by atomic mass is 16.7. The number of ether oxygens (including phenoxy) is 3. The molecule has 4 N–H and O–H groups in total. The first-order chi connectivity index (χ1) is 12.9. The molecule has 0 bridgehead atoms. The predicted molar refractivity (Wildman–Crippen MR) is 91.7 cm³/mol. The number of anilines is 1. The predicted octanol–water partition coefficient (Wildman–Crippen LogP) is 0.569. The van der Waals surface area contributed by atoms with Crippen LogP contribution in [0.25, 0.3) is 5.52 Å². The number of nitrogens with zero attached hydrogens (tertiary/aromatic N) is 3. The van der Waals surface area contributed by atoms with Crippen molar-refractivity contribution in [2.24, 2.45) is 0 Å². The second-order valence-electron chi connectivity index (χ2n) is 7.20. The summed E-state index contributed by atoms with van der Waals surface area (Å²) in [5.41, 5.74) is 5.59. The molecule has 1 saturated heterocycles. The topological polar surface area (TPSA) is 141 Å². The second-order valence-corrected chi connectivity index (χ2v) is 7.20. The molecule has 3 heterocycles. The van der Waals surface area contributed by atoms with E-state index in [1.54, 1.807) is 19.1 Å². The quantitative estimate of drug-likeness (QED) is 0.651. The minimum atomic E-state index is -1.30. The van der Waals surface area contributed by atoms with Crippen molar-refractivity contribution in [1.82, 2.24) is 14.6 Å². The Labute approximate surface area is 154 Å². The van der Waals surface area contributed by atoms with Gasteiger partial charge in [-0.3, -0.25) is 0 Å². The third-order valence-electron chi connectivity index (χ3n) is 5.25. The molecular formula is C17H22N4O6. The SMILES string of the molecule is C[C@]1(COC(=O)OC2CCC2)O[C@@H](c2ccc3c(N)ncnn23)[C@H](O)[C@@H]1O. The second kappa shape index (κ2) is 6.63. The number of aliphatic hydroxyl groups is 2. The zero-order valence-corrected chi connectivity index (χ0v) is 14.8. The number of carbonyl (C=O) groups is 1. The minimum absolute atomic E-state index is 0.102. The summed E-state index contributed by atoms with van der Waals surface area (Å²) in [7, 11) is 0. The molecule has 0 amide bonds. The zero-order valence-electron chi connectivity index (χ0n) is 14.8. The van der Waals surface area contributed by atoms with Gasteiger partial charge in [-0.25, -0.2) is 14.3 Å². The summed E-state index contributed by atoms with van der Waals surface area (Å²) in [6, 6.07) is 3.40. The Balaban J connectivity index is 1.49. The Morgan fingerprint density at radius 3 is 2.93 bits per heavy atom. The molecule has 4 rings (SSSR count). The summed E-state index contributed by atoms with van der Waals surface area (Å²) in [5.74, 6) is 0.286. The molecule has 1 aliphatic carbocycles. The van der Waals surface area contributed by atoms with E-state index >= 15 is 0 Å². The Morgan fingerprint density at radius 1 is 1.44 bits per heavy atom. The first-order valence-corrected chi connectivity index (χ1v) is 8.84. The van der Waals surface area contributed by atoms with E-state index in [-0.39, 0.29) is 18.5 Å². The van der Waals surface area contributed by atoms with E-state index in [0.29, 0.717) is 11.2 Å². The van der Waals surface area contributed by atoms with Crippen LogP contribution >= 0.6 is 0 Å². The van der Waals surface area contributed by atoms with Gasteiger partial charge in [0.1, 0.15) is 48.5 Å². The van der Waals surface area contributed by atoms with Gasteiger partial charge in [0.25, 0.3) is 0 Å². The number of rotatable bonds is 4. The highest BCUT2D eigenvalue weighted by Gasteiger charge is 2.53. The van der Waals surface area contributed by atoms with Crippen molar-refractivity contribution in [2.75, 3.05) is 12.3 Å². The summed E-state index contributed by atoms with van der Waals surface area (Å²) in [6.07, 6.45) is -0.310. The molecule has 2 aromatic heterocycles. The number of aromatic nitrogens is 3. The zero-order chi connectivity index (χ0) is 19.2. The van der Waals surface area contributed by atoms with Gasteiger partial charge >= 0.3 is 6.16 Å². The van der Waals surface area contributed by atoms with Crippen molar-refractivity contribution in [3.8, 4) is 0 Å². The van der Waals surface area contributed by atoms with Gasteiger partial charge < -0.3 is 30.2 Å². The van der Waals surface area contributed by atoms with Gasteiger partial charge in [0, 0.05) is 0 Å². The van der Waals surface area contributed by atoms with E-state index in [1.807, 2.05) is 0 Å². The van der Waals surface area contributed by atoms with Crippen LogP contribution < -0.4 is 5.73 Å². The molecule has 0 aromatic carbocycles. The number of hydrogen-bond donors (Lipinski definition) is 3. The molecule has 2 aromatic rings. The fourth-order valence-corrected chi connectivity index (χ4v) is 3.36. The van der Waals surface area contributed by atoms with Gasteiger partial charge in [0.2, 0.25) is 0 Å². The van der Waals surface area contributed by atoms with E-state index in [4.69, 9.17) is 19.9 Å². The van der Waals surface area contributed by atoms with Gasteiger partial charge in [-0.2, -0.15) is 5.10 Å². The van der Waals surface area contributed by atoms with Crippen LogP contribution in [-0.2, 0) is 14.2 Å². The molecule has 10 heteroatoms. The lowest BCUT2D eigenvalue weighted by Crippen LogP contribution is -2.45. The molecule has 1 aliphatic heterocycles. The third kappa shape index (κ3) is 3.09. The van der Waals surface area contributed by atoms with Gasteiger partial charge in [0.15, 0.2) is 5.82 Å². The van der Waals surface area contributed by atoms with E-state index in [9.17, 15) is 15.0 Å². The van der Waals surface area contributed by atoms with Crippen molar-refractivity contribution in [3.63, 3.8) is 0 Å². The number of nitrogens with two attached hydrogens (primary N) is 1. The summed E-state index contributed by atoms with van der Waals surface area (Å²) in [6.45, 7) is 1.31. The van der Waals surface area contributed by atoms with E-state index < -0.39 is 30.1 Å². The molecule has 0 spiro atoms. The summed E-state index contributed by atoms with van der Waals surface area (Å²) < 4.78 is 17.7. The average Bonchev–Trinajstić information content (AvgIpc) is 3.13. The van der Waals surface area contributed by atoms with Crippen LogP contribution in [-0.4, -0.2) is 61.5 Å². The highest BCUT2D eigenvalue weighted by Crippen LogP contribution is 2.40. The number of carbonyl (C=O) groups excluding carboxylic acids is 1. The van der Waals surface area contributed by atoms with Crippen LogP contribution in [0.3, 0.4) is 0 Å². The lowest BCUT2D eigenvalue weighted by atomic mass is 9.96. The molecule has 10 nitrogen and oxygen atoms in total. The molecular weight excluding hydrogens is 356 g/mol. The Kier molecular flexibility index (Phi) is 4.41. The van der Waals surface area contributed by atoms with Crippen molar-refractivity contribution in [3.05, 3.63) is 24.2 Å². The lowest BCUT2D eigenvalue weighted by Gasteiger charge is -2.28. The number of aliphatic hydroxyl groups excluding tert-OH is 2. The lowest BCUT2D eigenvalue weighted by molar-refractivity contribution is -0.113. The summed E-state index contributed by atoms with van der Waals surface area (Å²) in [5, 5.41) is 25.1. The largest absolute Gasteiger partial charge is 0.508 e. The number of hydrogen-bond acceptors (Lipinski definition) is 9. The molecule has 2 fully saturated rings. The molecule has 0 radical (unpaired) electrons. The van der Waals surface area contributed by atoms with Gasteiger partial charge in [-0.15, -0.1) is 0 Å². The smallest absolute Gasteiger partial charge is 0.431 e. The first kappa shape index (κ1) is 18.0. The van der Waals surface area contributed by atoms with Crippen LogP contribution in [0.4, 0.5) is 10.6 Å². The van der Waals surface area contributed by atoms with Crippen molar-refractivity contribution in [2.45, 2.75) is 56.2 Å². The van der Waals surface area contributed by atoms with Crippen LogP contribution in [0.15, 0.2) is 18.5 Å². The highest BCUT2D eigenvalue weighted by molar-refractivity contribution is 5.65. The fraction of sp³-hybridized carbons (Fsp3) is 0.588. The summed E-state index contributed by atoms with van der Waals surface area (Å²) >= 11 is 0. The van der Waals surface area contributed by atoms with Crippen LogP contribution in [0.5, 0.6) is 0 Å². The summed E-state index contributed by atoms with van der Waals surface area (Å²) in [4.78, 5) is 15.7. The normalized spacial score (nSPS) is 31.0. The molecule has 1 saturated carbocycles. The van der Waals surface area contributed by atoms with Crippen molar-refractivity contribution < 1.29 is 29.2 Å². The molecule has 2 aliphatic rings. The van der Waals surface area contributed by atoms with E-state index in [2.05, 4.69) is 10.1 Å². The molecule has 27 heavy (non-hydrogen) atoms. The van der Waals surface area contributed by atoms with E-state index in [1.165, 1.54) is 10.8 Å². The van der Waals surface area contributed by atoms with Crippen molar-refractivity contribution >= 4 is 17.5 Å². The Hall–Kier alpha value is -2.43. The van der Waals surface area contributed by atoms with Gasteiger partial charge in [-0.1, -0.05) is 0 Å². The molecule has 146 valence electrons. The monoisotopic (exact) mass is 378 g/mol. The standard InChI is InChI=1S/C17H22N4O6/c1-17(7-25-16(24)26-9-3-2-4-9)14(23)12(22)13(27-17)10-5-6-11-15(18)19-8-20-21(10)11/h5-6,8-9,12-14,22-23H,2-4,7H2,1H3,(H2,18,19,20)/t12-,13-,14-,17+/m0/s1. The minimum Gasteiger partial charge on any atom is -0.431 e. The first-order valence-electron chi connectivity index (χ1n) is 8.84.